The molecule has 104 valence electrons. The van der Waals surface area contributed by atoms with Crippen molar-refractivity contribution in [1.29, 1.82) is 0 Å². The van der Waals surface area contributed by atoms with E-state index in [2.05, 4.69) is 21.2 Å². The summed E-state index contributed by atoms with van der Waals surface area (Å²) in [5.41, 5.74) is 0.832. The lowest BCUT2D eigenvalue weighted by atomic mass is 10.2. The molecule has 20 heavy (non-hydrogen) atoms. The van der Waals surface area contributed by atoms with Crippen LogP contribution in [-0.2, 0) is 10.0 Å². The molecule has 3 N–H and O–H groups in total. The van der Waals surface area contributed by atoms with E-state index in [0.717, 1.165) is 4.47 Å². The summed E-state index contributed by atoms with van der Waals surface area (Å²) in [6, 6.07) is 12.6. The van der Waals surface area contributed by atoms with Gasteiger partial charge in [-0.15, -0.1) is 0 Å². The van der Waals surface area contributed by atoms with E-state index in [1.807, 2.05) is 0 Å². The summed E-state index contributed by atoms with van der Waals surface area (Å²) < 4.78 is 23.4. The van der Waals surface area contributed by atoms with Crippen molar-refractivity contribution in [1.82, 2.24) is 0 Å². The van der Waals surface area contributed by atoms with E-state index < -0.39 is 15.9 Å². The van der Waals surface area contributed by atoms with Crippen molar-refractivity contribution in [3.63, 3.8) is 0 Å². The number of benzene rings is 2. The summed E-state index contributed by atoms with van der Waals surface area (Å²) in [4.78, 5) is 11.9. The molecule has 0 saturated carbocycles. The van der Waals surface area contributed by atoms with Crippen LogP contribution in [0.2, 0.25) is 0 Å². The summed E-state index contributed by atoms with van der Waals surface area (Å²) >= 11 is 3.29. The zero-order valence-corrected chi connectivity index (χ0v) is 12.6. The molecule has 2 aromatic carbocycles. The largest absolute Gasteiger partial charge is 0.322 e. The topological polar surface area (TPSA) is 89.3 Å². The molecule has 0 unspecified atom stereocenters. The van der Waals surface area contributed by atoms with E-state index in [1.165, 1.54) is 24.3 Å². The van der Waals surface area contributed by atoms with Gasteiger partial charge in [-0.25, -0.2) is 13.6 Å². The molecule has 0 saturated heterocycles. The number of nitrogens with one attached hydrogen (secondary N) is 1. The summed E-state index contributed by atoms with van der Waals surface area (Å²) in [6.45, 7) is 0. The van der Waals surface area contributed by atoms with Gasteiger partial charge < -0.3 is 5.32 Å². The van der Waals surface area contributed by atoms with Gasteiger partial charge in [-0.1, -0.05) is 22.0 Å². The molecule has 0 bridgehead atoms. The lowest BCUT2D eigenvalue weighted by Gasteiger charge is -2.06. The van der Waals surface area contributed by atoms with Crippen molar-refractivity contribution in [2.75, 3.05) is 5.32 Å². The van der Waals surface area contributed by atoms with Crippen LogP contribution in [0.25, 0.3) is 0 Å². The van der Waals surface area contributed by atoms with Gasteiger partial charge in [0.2, 0.25) is 10.0 Å². The fourth-order valence-electron chi connectivity index (χ4n) is 1.55. The molecule has 0 radical (unpaired) electrons. The fourth-order valence-corrected chi connectivity index (χ4v) is 2.37. The van der Waals surface area contributed by atoms with E-state index >= 15 is 0 Å². The summed E-state index contributed by atoms with van der Waals surface area (Å²) in [6.07, 6.45) is 0. The van der Waals surface area contributed by atoms with Crippen molar-refractivity contribution in [2.24, 2.45) is 5.14 Å². The quantitative estimate of drug-likeness (QED) is 0.886. The van der Waals surface area contributed by atoms with E-state index in [0.29, 0.717) is 5.69 Å². The molecule has 0 fully saturated rings. The highest BCUT2D eigenvalue weighted by Crippen LogP contribution is 2.16. The van der Waals surface area contributed by atoms with Gasteiger partial charge in [0.05, 0.1) is 4.90 Å². The maximum atomic E-state index is 12.0. The molecule has 5 nitrogen and oxygen atoms in total. The number of sulfonamides is 1. The van der Waals surface area contributed by atoms with Gasteiger partial charge in [-0.05, 0) is 42.5 Å². The molecule has 0 aliphatic carbocycles. The van der Waals surface area contributed by atoms with Crippen LogP contribution in [0, 0.1) is 0 Å². The Hall–Kier alpha value is -1.70. The number of hydrogen-bond acceptors (Lipinski definition) is 3. The van der Waals surface area contributed by atoms with Crippen LogP contribution in [0.15, 0.2) is 57.9 Å². The lowest BCUT2D eigenvalue weighted by Crippen LogP contribution is -2.15. The van der Waals surface area contributed by atoms with E-state index in [4.69, 9.17) is 5.14 Å². The second-order valence-electron chi connectivity index (χ2n) is 4.03. The molecule has 1 amide bonds. The molecule has 7 heteroatoms. The third-order valence-corrected chi connectivity index (χ3v) is 3.97. The highest BCUT2D eigenvalue weighted by atomic mass is 79.9. The molecule has 0 heterocycles. The predicted molar refractivity (Wildman–Crippen MR) is 79.9 cm³/mol. The van der Waals surface area contributed by atoms with Crippen molar-refractivity contribution < 1.29 is 13.2 Å². The Morgan fingerprint density at radius 3 is 2.35 bits per heavy atom. The SMILES string of the molecule is NS(=O)(=O)c1cccc(C(=O)Nc2ccc(Br)cc2)c1. The first-order valence-corrected chi connectivity index (χ1v) is 7.90. The Labute approximate surface area is 125 Å². The van der Waals surface area contributed by atoms with Gasteiger partial charge in [-0.2, -0.15) is 0 Å². The lowest BCUT2D eigenvalue weighted by molar-refractivity contribution is 0.102. The highest BCUT2D eigenvalue weighted by Gasteiger charge is 2.12. The van der Waals surface area contributed by atoms with Crippen LogP contribution in [0.4, 0.5) is 5.69 Å². The number of amides is 1. The van der Waals surface area contributed by atoms with Crippen LogP contribution in [0.5, 0.6) is 0 Å². The number of anilines is 1. The molecule has 0 aliphatic rings. The van der Waals surface area contributed by atoms with E-state index in [-0.39, 0.29) is 10.5 Å². The molecular formula is C13H11BrN2O3S. The number of hydrogen-bond donors (Lipinski definition) is 2. The van der Waals surface area contributed by atoms with Gasteiger partial charge in [-0.3, -0.25) is 4.79 Å². The third-order valence-electron chi connectivity index (χ3n) is 2.53. The van der Waals surface area contributed by atoms with Crippen LogP contribution < -0.4 is 10.5 Å². The first-order chi connectivity index (χ1) is 9.36. The highest BCUT2D eigenvalue weighted by molar-refractivity contribution is 9.10. The zero-order valence-electron chi connectivity index (χ0n) is 10.2. The molecule has 2 rings (SSSR count). The predicted octanol–water partition coefficient (Wildman–Crippen LogP) is 2.35. The number of carbonyl (C=O) groups excluding carboxylic acids is 1. The van der Waals surface area contributed by atoms with Gasteiger partial charge in [0.25, 0.3) is 5.91 Å². The minimum atomic E-state index is -3.82. The smallest absolute Gasteiger partial charge is 0.255 e. The van der Waals surface area contributed by atoms with Gasteiger partial charge in [0.1, 0.15) is 0 Å². The second kappa shape index (κ2) is 5.74. The Kier molecular flexibility index (Phi) is 4.22. The van der Waals surface area contributed by atoms with Crippen LogP contribution in [-0.4, -0.2) is 14.3 Å². The molecule has 0 atom stereocenters. The summed E-state index contributed by atoms with van der Waals surface area (Å²) in [5, 5.41) is 7.70. The number of rotatable bonds is 3. The Morgan fingerprint density at radius 1 is 1.10 bits per heavy atom. The maximum Gasteiger partial charge on any atom is 0.255 e. The zero-order chi connectivity index (χ0) is 14.8. The standard InChI is InChI=1S/C13H11BrN2O3S/c14-10-4-6-11(7-5-10)16-13(17)9-2-1-3-12(8-9)20(15,18)19/h1-8H,(H,16,17)(H2,15,18,19). The van der Waals surface area contributed by atoms with Crippen molar-refractivity contribution in [3.05, 3.63) is 58.6 Å². The maximum absolute atomic E-state index is 12.0. The normalized spacial score (nSPS) is 11.1. The third kappa shape index (κ3) is 3.66. The van der Waals surface area contributed by atoms with Gasteiger partial charge in [0.15, 0.2) is 0 Å². The molecule has 2 aromatic rings. The molecule has 0 aliphatic heterocycles. The molecular weight excluding hydrogens is 344 g/mol. The van der Waals surface area contributed by atoms with Crippen LogP contribution in [0.1, 0.15) is 10.4 Å². The van der Waals surface area contributed by atoms with E-state index in [9.17, 15) is 13.2 Å². The fraction of sp³-hybridized carbons (Fsp3) is 0. The number of primary sulfonamides is 1. The molecule has 0 spiro atoms. The number of carbonyl (C=O) groups is 1. The summed E-state index contributed by atoms with van der Waals surface area (Å²) in [7, 11) is -3.82. The average Bonchev–Trinajstić information content (AvgIpc) is 2.40. The first kappa shape index (κ1) is 14.7. The average molecular weight is 355 g/mol. The van der Waals surface area contributed by atoms with Crippen LogP contribution in [0.3, 0.4) is 0 Å². The first-order valence-electron chi connectivity index (χ1n) is 5.56. The van der Waals surface area contributed by atoms with Gasteiger partial charge in [0, 0.05) is 15.7 Å². The summed E-state index contributed by atoms with van der Waals surface area (Å²) in [5.74, 6) is -0.405. The minimum absolute atomic E-state index is 0.0963. The van der Waals surface area contributed by atoms with Crippen molar-refractivity contribution >= 4 is 37.5 Å². The second-order valence-corrected chi connectivity index (χ2v) is 6.51. The van der Waals surface area contributed by atoms with Crippen molar-refractivity contribution in [2.45, 2.75) is 4.90 Å². The molecule has 0 aromatic heterocycles. The van der Waals surface area contributed by atoms with Crippen molar-refractivity contribution in [3.8, 4) is 0 Å². The number of halogens is 1. The van der Waals surface area contributed by atoms with Gasteiger partial charge >= 0.3 is 0 Å². The van der Waals surface area contributed by atoms with E-state index in [1.54, 1.807) is 24.3 Å². The minimum Gasteiger partial charge on any atom is -0.322 e. The monoisotopic (exact) mass is 354 g/mol. The Balaban J connectivity index is 2.23. The Bertz CT molecular complexity index is 742. The Morgan fingerprint density at radius 2 is 1.75 bits per heavy atom. The van der Waals surface area contributed by atoms with Crippen LogP contribution >= 0.6 is 15.9 Å². The number of nitrogens with two attached hydrogens (primary N) is 1.